The molecule has 1 fully saturated rings. The first-order valence-corrected chi connectivity index (χ1v) is 9.70. The molecule has 2 heterocycles. The van der Waals surface area contributed by atoms with Gasteiger partial charge in [0.25, 0.3) is 0 Å². The first-order valence-electron chi connectivity index (χ1n) is 7.27. The van der Waals surface area contributed by atoms with E-state index in [-0.39, 0.29) is 28.5 Å². The lowest BCUT2D eigenvalue weighted by Crippen LogP contribution is -2.37. The molecule has 1 aromatic rings. The van der Waals surface area contributed by atoms with Crippen molar-refractivity contribution in [2.45, 2.75) is 44.1 Å². The SMILES string of the molecule is CCCS(=O)(=O)c1c(N)nsc1N1CCC(C(C)O)CC1. The molecule has 21 heavy (non-hydrogen) atoms. The van der Waals surface area contributed by atoms with E-state index in [0.717, 1.165) is 37.5 Å². The molecule has 0 radical (unpaired) electrons. The Bertz CT molecular complexity index is 575. The van der Waals surface area contributed by atoms with Crippen LogP contribution < -0.4 is 10.6 Å². The van der Waals surface area contributed by atoms with Gasteiger partial charge < -0.3 is 15.7 Å². The van der Waals surface area contributed by atoms with Crippen LogP contribution in [0.2, 0.25) is 0 Å². The molecule has 0 amide bonds. The fourth-order valence-corrected chi connectivity index (χ4v) is 5.55. The van der Waals surface area contributed by atoms with Crippen molar-refractivity contribution in [2.75, 3.05) is 29.5 Å². The van der Waals surface area contributed by atoms with Gasteiger partial charge in [-0.1, -0.05) is 6.92 Å². The summed E-state index contributed by atoms with van der Waals surface area (Å²) < 4.78 is 28.8. The van der Waals surface area contributed by atoms with Gasteiger partial charge in [0.2, 0.25) is 0 Å². The Hall–Kier alpha value is -0.860. The highest BCUT2D eigenvalue weighted by molar-refractivity contribution is 7.91. The molecule has 2 rings (SSSR count). The number of nitrogens with two attached hydrogens (primary N) is 1. The molecule has 0 spiro atoms. The van der Waals surface area contributed by atoms with Crippen LogP contribution in [-0.4, -0.2) is 42.8 Å². The number of hydrogen-bond acceptors (Lipinski definition) is 7. The predicted molar refractivity (Wildman–Crippen MR) is 85.5 cm³/mol. The highest BCUT2D eigenvalue weighted by Crippen LogP contribution is 2.37. The summed E-state index contributed by atoms with van der Waals surface area (Å²) in [5.74, 6) is 0.482. The Kier molecular flexibility index (Phi) is 5.11. The van der Waals surface area contributed by atoms with Crippen LogP contribution >= 0.6 is 11.5 Å². The molecule has 3 N–H and O–H groups in total. The summed E-state index contributed by atoms with van der Waals surface area (Å²) in [6.45, 7) is 5.10. The zero-order chi connectivity index (χ0) is 15.6. The number of nitrogens with zero attached hydrogens (tertiary/aromatic N) is 2. The van der Waals surface area contributed by atoms with Crippen LogP contribution in [0, 0.1) is 5.92 Å². The molecule has 6 nitrogen and oxygen atoms in total. The number of aliphatic hydroxyl groups excluding tert-OH is 1. The van der Waals surface area contributed by atoms with Crippen LogP contribution in [0.4, 0.5) is 10.8 Å². The van der Waals surface area contributed by atoms with Crippen molar-refractivity contribution in [2.24, 2.45) is 5.92 Å². The normalized spacial score (nSPS) is 18.9. The fraction of sp³-hybridized carbons (Fsp3) is 0.769. The van der Waals surface area contributed by atoms with Crippen LogP contribution in [-0.2, 0) is 9.84 Å². The lowest BCUT2D eigenvalue weighted by molar-refractivity contribution is 0.110. The van der Waals surface area contributed by atoms with Crippen molar-refractivity contribution in [3.05, 3.63) is 0 Å². The van der Waals surface area contributed by atoms with Crippen LogP contribution in [0.25, 0.3) is 0 Å². The minimum Gasteiger partial charge on any atom is -0.393 e. The van der Waals surface area contributed by atoms with Gasteiger partial charge >= 0.3 is 0 Å². The second kappa shape index (κ2) is 6.50. The van der Waals surface area contributed by atoms with E-state index >= 15 is 0 Å². The van der Waals surface area contributed by atoms with Gasteiger partial charge in [-0.2, -0.15) is 4.37 Å². The number of aliphatic hydroxyl groups is 1. The van der Waals surface area contributed by atoms with E-state index < -0.39 is 9.84 Å². The smallest absolute Gasteiger partial charge is 0.185 e. The predicted octanol–water partition coefficient (Wildman–Crippen LogP) is 1.51. The summed E-state index contributed by atoms with van der Waals surface area (Å²) in [4.78, 5) is 2.24. The second-order valence-electron chi connectivity index (χ2n) is 5.59. The second-order valence-corrected chi connectivity index (χ2v) is 8.38. The molecular weight excluding hydrogens is 310 g/mol. The maximum Gasteiger partial charge on any atom is 0.185 e. The Labute approximate surface area is 130 Å². The number of anilines is 2. The van der Waals surface area contributed by atoms with Gasteiger partial charge in [0.15, 0.2) is 15.7 Å². The van der Waals surface area contributed by atoms with E-state index in [9.17, 15) is 13.5 Å². The molecule has 1 atom stereocenters. The van der Waals surface area contributed by atoms with E-state index in [1.165, 1.54) is 0 Å². The van der Waals surface area contributed by atoms with Crippen LogP contribution in [0.15, 0.2) is 4.90 Å². The molecule has 0 aromatic carbocycles. The third kappa shape index (κ3) is 3.49. The highest BCUT2D eigenvalue weighted by atomic mass is 32.2. The maximum absolute atomic E-state index is 12.4. The quantitative estimate of drug-likeness (QED) is 0.848. The summed E-state index contributed by atoms with van der Waals surface area (Å²) >= 11 is 1.15. The average Bonchev–Trinajstić information content (AvgIpc) is 2.81. The molecule has 0 aliphatic carbocycles. The Morgan fingerprint density at radius 1 is 1.48 bits per heavy atom. The number of piperidine rings is 1. The third-order valence-electron chi connectivity index (χ3n) is 3.95. The first kappa shape index (κ1) is 16.5. The minimum absolute atomic E-state index is 0.0900. The average molecular weight is 333 g/mol. The maximum atomic E-state index is 12.4. The largest absolute Gasteiger partial charge is 0.393 e. The Morgan fingerprint density at radius 2 is 2.10 bits per heavy atom. The molecular formula is C13H23N3O3S2. The molecule has 120 valence electrons. The van der Waals surface area contributed by atoms with Crippen molar-refractivity contribution in [1.29, 1.82) is 0 Å². The molecule has 1 saturated heterocycles. The lowest BCUT2D eigenvalue weighted by atomic mass is 9.92. The van der Waals surface area contributed by atoms with Gasteiger partial charge in [0.05, 0.1) is 11.9 Å². The van der Waals surface area contributed by atoms with E-state index in [1.807, 2.05) is 18.7 Å². The summed E-state index contributed by atoms with van der Waals surface area (Å²) in [6.07, 6.45) is 1.94. The van der Waals surface area contributed by atoms with Gasteiger partial charge in [-0.15, -0.1) is 0 Å². The Balaban J connectivity index is 2.23. The van der Waals surface area contributed by atoms with Crippen molar-refractivity contribution >= 4 is 32.2 Å². The van der Waals surface area contributed by atoms with Gasteiger partial charge in [-0.25, -0.2) is 8.42 Å². The van der Waals surface area contributed by atoms with Crippen molar-refractivity contribution in [3.8, 4) is 0 Å². The zero-order valence-corrected chi connectivity index (χ0v) is 14.1. The van der Waals surface area contributed by atoms with Crippen molar-refractivity contribution < 1.29 is 13.5 Å². The number of aromatic nitrogens is 1. The van der Waals surface area contributed by atoms with Crippen molar-refractivity contribution in [3.63, 3.8) is 0 Å². The van der Waals surface area contributed by atoms with Crippen LogP contribution in [0.3, 0.4) is 0 Å². The first-order chi connectivity index (χ1) is 9.86. The highest BCUT2D eigenvalue weighted by Gasteiger charge is 2.30. The van der Waals surface area contributed by atoms with Gasteiger partial charge in [-0.3, -0.25) is 0 Å². The molecule has 8 heteroatoms. The molecule has 0 bridgehead atoms. The molecule has 0 saturated carbocycles. The summed E-state index contributed by atoms with van der Waals surface area (Å²) in [6, 6.07) is 0. The molecule has 1 aliphatic heterocycles. The Morgan fingerprint density at radius 3 is 2.62 bits per heavy atom. The van der Waals surface area contributed by atoms with E-state index in [1.54, 1.807) is 0 Å². The third-order valence-corrected chi connectivity index (χ3v) is 6.97. The number of rotatable bonds is 5. The summed E-state index contributed by atoms with van der Waals surface area (Å²) in [5, 5.41) is 10.3. The van der Waals surface area contributed by atoms with Crippen molar-refractivity contribution in [1.82, 2.24) is 4.37 Å². The number of sulfone groups is 1. The minimum atomic E-state index is -3.38. The van der Waals surface area contributed by atoms with Gasteiger partial charge in [-0.05, 0) is 43.6 Å². The summed E-state index contributed by atoms with van der Waals surface area (Å²) in [7, 11) is -3.38. The number of hydrogen-bond donors (Lipinski definition) is 2. The topological polar surface area (TPSA) is 96.5 Å². The lowest BCUT2D eigenvalue weighted by Gasteiger charge is -2.34. The van der Waals surface area contributed by atoms with Gasteiger partial charge in [0.1, 0.15) is 9.90 Å². The van der Waals surface area contributed by atoms with Crippen LogP contribution in [0.5, 0.6) is 0 Å². The fourth-order valence-electron chi connectivity index (χ4n) is 2.73. The van der Waals surface area contributed by atoms with Crippen LogP contribution in [0.1, 0.15) is 33.1 Å². The molecule has 1 unspecified atom stereocenters. The standard InChI is InChI=1S/C13H23N3O3S2/c1-3-8-21(18,19)11-12(14)15-20-13(11)16-6-4-10(5-7-16)9(2)17/h9-10,17H,3-8H2,1-2H3,(H2,14,15). The summed E-state index contributed by atoms with van der Waals surface area (Å²) in [5.41, 5.74) is 5.79. The molecule has 1 aliphatic rings. The zero-order valence-electron chi connectivity index (χ0n) is 12.4. The van der Waals surface area contributed by atoms with Gasteiger partial charge in [0, 0.05) is 13.1 Å². The number of nitrogen functional groups attached to an aromatic ring is 1. The van der Waals surface area contributed by atoms with E-state index in [2.05, 4.69) is 4.37 Å². The van der Waals surface area contributed by atoms with E-state index in [4.69, 9.17) is 5.73 Å². The molecule has 1 aromatic heterocycles. The monoisotopic (exact) mass is 333 g/mol. The van der Waals surface area contributed by atoms with E-state index in [0.29, 0.717) is 11.4 Å².